The van der Waals surface area contributed by atoms with E-state index in [1.807, 2.05) is 0 Å². The molecule has 0 unspecified atom stereocenters. The Morgan fingerprint density at radius 2 is 1.22 bits per heavy atom. The number of aromatic nitrogens is 4. The monoisotopic (exact) mass is 649 g/mol. The van der Waals surface area contributed by atoms with Crippen LogP contribution in [0.15, 0.2) is 31.6 Å². The van der Waals surface area contributed by atoms with Crippen molar-refractivity contribution in [2.45, 2.75) is 108 Å². The number of rotatable bonds is 5. The van der Waals surface area contributed by atoms with Gasteiger partial charge in [-0.2, -0.15) is 0 Å². The predicted octanol–water partition coefficient (Wildman–Crippen LogP) is -0.560. The van der Waals surface area contributed by atoms with E-state index in [4.69, 9.17) is 28.4 Å². The Bertz CT molecular complexity index is 1780. The third-order valence-corrected chi connectivity index (χ3v) is 9.97. The summed E-state index contributed by atoms with van der Waals surface area (Å²) in [5.74, 6) is -1.98. The lowest BCUT2D eigenvalue weighted by Gasteiger charge is -2.34. The zero-order valence-corrected chi connectivity index (χ0v) is 26.3. The van der Waals surface area contributed by atoms with Crippen molar-refractivity contribution in [2.24, 2.45) is 0 Å². The standard InChI is InChI=1S/C28H35N5O11S/c1-11-7-32(25(37)29-20(11)35)22-17-15(41-27(3,4)43-17)13(39-22)9-31-14(34)10-45-24(31)19-16-18(44-28(5,6)42-16)23(40-19)33-8-12(2)21(36)30-26(33)38/h7-8,13,15-19,22-24H,9-10H2,1-6H3,(H,29,35,37)(H,30,36,38)/t13-,15-,16+,17-,18-,19+,22-,23-,24-/m1/s1. The Labute approximate surface area is 259 Å². The second-order valence-corrected chi connectivity index (χ2v) is 14.0. The van der Waals surface area contributed by atoms with Crippen LogP contribution in [-0.2, 0) is 33.2 Å². The molecule has 45 heavy (non-hydrogen) atoms. The number of amides is 1. The van der Waals surface area contributed by atoms with Gasteiger partial charge in [0.05, 0.1) is 12.3 Å². The van der Waals surface area contributed by atoms with Crippen LogP contribution < -0.4 is 22.5 Å². The number of hydrogen-bond acceptors (Lipinski definition) is 12. The fourth-order valence-electron chi connectivity index (χ4n) is 6.78. The summed E-state index contributed by atoms with van der Waals surface area (Å²) in [6.45, 7) is 10.3. The fourth-order valence-corrected chi connectivity index (χ4v) is 8.06. The summed E-state index contributed by atoms with van der Waals surface area (Å²) in [4.78, 5) is 69.4. The van der Waals surface area contributed by atoms with Crippen molar-refractivity contribution >= 4 is 17.7 Å². The molecule has 244 valence electrons. The highest BCUT2D eigenvalue weighted by Gasteiger charge is 2.62. The Hall–Kier alpha value is -3.06. The number of aromatic amines is 2. The van der Waals surface area contributed by atoms with Gasteiger partial charge in [0.25, 0.3) is 11.1 Å². The number of carbonyl (C=O) groups excluding carboxylic acids is 1. The van der Waals surface area contributed by atoms with Gasteiger partial charge >= 0.3 is 11.4 Å². The molecular weight excluding hydrogens is 614 g/mol. The van der Waals surface area contributed by atoms with E-state index in [1.165, 1.54) is 33.3 Å². The van der Waals surface area contributed by atoms with Gasteiger partial charge < -0.3 is 33.3 Å². The first-order valence-corrected chi connectivity index (χ1v) is 15.7. The Balaban J connectivity index is 1.19. The summed E-state index contributed by atoms with van der Waals surface area (Å²) in [7, 11) is 0. The molecule has 0 aliphatic carbocycles. The molecule has 0 spiro atoms. The molecule has 16 nitrogen and oxygen atoms in total. The largest absolute Gasteiger partial charge is 0.347 e. The van der Waals surface area contributed by atoms with Gasteiger partial charge in [0, 0.05) is 23.5 Å². The Morgan fingerprint density at radius 3 is 1.80 bits per heavy atom. The molecule has 0 aromatic carbocycles. The second-order valence-electron chi connectivity index (χ2n) is 12.9. The number of fused-ring (bicyclic) bond motifs is 2. The molecule has 2 aromatic heterocycles. The summed E-state index contributed by atoms with van der Waals surface area (Å²) in [6.07, 6.45) is -3.11. The number of nitrogens with zero attached hydrogens (tertiary/aromatic N) is 3. The van der Waals surface area contributed by atoms with Crippen molar-refractivity contribution in [3.63, 3.8) is 0 Å². The van der Waals surface area contributed by atoms with E-state index in [1.54, 1.807) is 46.4 Å². The van der Waals surface area contributed by atoms with Gasteiger partial charge in [0.1, 0.15) is 42.0 Å². The lowest BCUT2D eigenvalue weighted by atomic mass is 10.1. The molecule has 7 rings (SSSR count). The highest BCUT2D eigenvalue weighted by Crippen LogP contribution is 2.48. The maximum absolute atomic E-state index is 13.4. The van der Waals surface area contributed by atoms with E-state index in [2.05, 4.69) is 9.97 Å². The average Bonchev–Trinajstić information content (AvgIpc) is 3.71. The molecule has 5 saturated heterocycles. The molecule has 5 aliphatic rings. The summed E-state index contributed by atoms with van der Waals surface area (Å²) >= 11 is 1.37. The molecule has 5 fully saturated rings. The van der Waals surface area contributed by atoms with Gasteiger partial charge in [-0.25, -0.2) is 9.59 Å². The van der Waals surface area contributed by atoms with Gasteiger partial charge in [0.15, 0.2) is 24.0 Å². The van der Waals surface area contributed by atoms with E-state index >= 15 is 0 Å². The van der Waals surface area contributed by atoms with Crippen molar-refractivity contribution in [1.29, 1.82) is 0 Å². The maximum Gasteiger partial charge on any atom is 0.330 e. The summed E-state index contributed by atoms with van der Waals surface area (Å²) in [5.41, 5.74) is -1.65. The molecule has 0 bridgehead atoms. The number of nitrogens with one attached hydrogen (secondary N) is 2. The SMILES string of the molecule is Cc1cn([C@@H]2O[C@H]([C@H]3SCC(=O)N3C[C@H]3O[C@@H](n4cc(C)c(=O)[nH]c4=O)[C@@H]4OC(C)(C)O[C@@H]43)[C@H]3OC(C)(C)O[C@H]32)c(=O)[nH]c1=O. The number of thioether (sulfide) groups is 1. The van der Waals surface area contributed by atoms with E-state index in [-0.39, 0.29) is 18.2 Å². The quantitative estimate of drug-likeness (QED) is 0.421. The van der Waals surface area contributed by atoms with Crippen LogP contribution in [0, 0.1) is 13.8 Å². The predicted molar refractivity (Wildman–Crippen MR) is 156 cm³/mol. The van der Waals surface area contributed by atoms with Crippen LogP contribution in [0.4, 0.5) is 0 Å². The lowest BCUT2D eigenvalue weighted by molar-refractivity contribution is -0.204. The number of ether oxygens (including phenoxy) is 6. The third-order valence-electron chi connectivity index (χ3n) is 8.69. The summed E-state index contributed by atoms with van der Waals surface area (Å²) in [5, 5.41) is -0.554. The van der Waals surface area contributed by atoms with Gasteiger partial charge in [0.2, 0.25) is 5.91 Å². The fraction of sp³-hybridized carbons (Fsp3) is 0.679. The van der Waals surface area contributed by atoms with Gasteiger partial charge in [-0.1, -0.05) is 0 Å². The molecule has 5 aliphatic heterocycles. The number of H-pyrrole nitrogens is 2. The molecule has 0 saturated carbocycles. The lowest BCUT2D eigenvalue weighted by Crippen LogP contribution is -2.50. The van der Waals surface area contributed by atoms with Crippen molar-refractivity contribution in [1.82, 2.24) is 24.0 Å². The van der Waals surface area contributed by atoms with Crippen LogP contribution in [0.1, 0.15) is 51.3 Å². The van der Waals surface area contributed by atoms with Gasteiger partial charge in [-0.3, -0.25) is 33.5 Å². The van der Waals surface area contributed by atoms with E-state index in [0.29, 0.717) is 11.1 Å². The zero-order valence-electron chi connectivity index (χ0n) is 25.5. The second kappa shape index (κ2) is 10.5. The van der Waals surface area contributed by atoms with Crippen molar-refractivity contribution in [2.75, 3.05) is 12.3 Å². The minimum Gasteiger partial charge on any atom is -0.347 e. The first-order valence-electron chi connectivity index (χ1n) is 14.7. The number of carbonyl (C=O) groups is 1. The van der Waals surface area contributed by atoms with Crippen LogP contribution in [0.3, 0.4) is 0 Å². The average molecular weight is 650 g/mol. The Kier molecular flexibility index (Phi) is 7.12. The molecule has 17 heteroatoms. The zero-order chi connectivity index (χ0) is 32.2. The first kappa shape index (κ1) is 30.6. The van der Waals surface area contributed by atoms with E-state index < -0.39 is 88.5 Å². The molecule has 1 amide bonds. The minimum atomic E-state index is -0.994. The van der Waals surface area contributed by atoms with E-state index in [9.17, 15) is 24.0 Å². The normalized spacial score (nSPS) is 36.5. The number of hydrogen-bond donors (Lipinski definition) is 2. The van der Waals surface area contributed by atoms with Crippen LogP contribution in [0.5, 0.6) is 0 Å². The minimum absolute atomic E-state index is 0.0779. The molecule has 9 atom stereocenters. The molecule has 7 heterocycles. The molecule has 2 aromatic rings. The van der Waals surface area contributed by atoms with Crippen LogP contribution in [0.25, 0.3) is 0 Å². The first-order chi connectivity index (χ1) is 21.1. The van der Waals surface area contributed by atoms with Gasteiger partial charge in [-0.05, 0) is 41.5 Å². The van der Waals surface area contributed by atoms with Crippen molar-refractivity contribution < 1.29 is 33.2 Å². The van der Waals surface area contributed by atoms with Crippen molar-refractivity contribution in [3.05, 3.63) is 65.2 Å². The van der Waals surface area contributed by atoms with Crippen LogP contribution in [-0.4, -0.2) is 95.8 Å². The van der Waals surface area contributed by atoms with Crippen LogP contribution in [0.2, 0.25) is 0 Å². The molecule has 0 radical (unpaired) electrons. The molecule has 2 N–H and O–H groups in total. The van der Waals surface area contributed by atoms with Crippen molar-refractivity contribution in [3.8, 4) is 0 Å². The van der Waals surface area contributed by atoms with Crippen LogP contribution >= 0.6 is 11.8 Å². The maximum atomic E-state index is 13.4. The topological polar surface area (TPSA) is 185 Å². The summed E-state index contributed by atoms with van der Waals surface area (Å²) in [6, 6.07) is 0. The number of aryl methyl sites for hydroxylation is 2. The highest BCUT2D eigenvalue weighted by atomic mass is 32.2. The third kappa shape index (κ3) is 5.14. The van der Waals surface area contributed by atoms with E-state index in [0.717, 1.165) is 0 Å². The molecular formula is C28H35N5O11S. The highest BCUT2D eigenvalue weighted by molar-refractivity contribution is 8.01. The summed E-state index contributed by atoms with van der Waals surface area (Å²) < 4.78 is 40.2. The smallest absolute Gasteiger partial charge is 0.330 e. The Morgan fingerprint density at radius 1 is 0.733 bits per heavy atom. The van der Waals surface area contributed by atoms with Gasteiger partial charge in [-0.15, -0.1) is 11.8 Å².